The van der Waals surface area contributed by atoms with Crippen LogP contribution in [0, 0.1) is 5.92 Å². The average Bonchev–Trinajstić information content (AvgIpc) is 3.31. The first-order chi connectivity index (χ1) is 12.2. The maximum Gasteiger partial charge on any atom is 0.224 e. The molecular weight excluding hydrogens is 318 g/mol. The van der Waals surface area contributed by atoms with Gasteiger partial charge in [-0.05, 0) is 38.1 Å². The number of fused-ring (bicyclic) bond motifs is 1. The molecule has 0 bridgehead atoms. The van der Waals surface area contributed by atoms with E-state index in [1.54, 1.807) is 6.26 Å². The van der Waals surface area contributed by atoms with E-state index in [-0.39, 0.29) is 17.9 Å². The van der Waals surface area contributed by atoms with E-state index >= 15 is 0 Å². The molecule has 1 N–H and O–H groups in total. The Labute approximate surface area is 150 Å². The lowest BCUT2D eigenvalue weighted by atomic mass is 9.89. The van der Waals surface area contributed by atoms with Gasteiger partial charge in [0.15, 0.2) is 0 Å². The van der Waals surface area contributed by atoms with Crippen molar-refractivity contribution in [2.24, 2.45) is 5.92 Å². The lowest BCUT2D eigenvalue weighted by Crippen LogP contribution is -2.54. The molecule has 0 aromatic carbocycles. The van der Waals surface area contributed by atoms with Gasteiger partial charge in [-0.15, -0.1) is 0 Å². The molecule has 1 aromatic heterocycles. The van der Waals surface area contributed by atoms with Crippen LogP contribution in [0.5, 0.6) is 0 Å². The number of carbonyl (C=O) groups is 1. The minimum absolute atomic E-state index is 0.00832. The van der Waals surface area contributed by atoms with E-state index in [1.807, 2.05) is 12.1 Å². The highest BCUT2D eigenvalue weighted by atomic mass is 16.5. The molecule has 6 nitrogen and oxygen atoms in total. The molecular formula is C19H31N3O3. The maximum absolute atomic E-state index is 12.6. The van der Waals surface area contributed by atoms with Crippen LogP contribution in [0.25, 0.3) is 0 Å². The molecule has 25 heavy (non-hydrogen) atoms. The summed E-state index contributed by atoms with van der Waals surface area (Å²) in [6.07, 6.45) is 3.75. The average molecular weight is 349 g/mol. The highest BCUT2D eigenvalue weighted by Crippen LogP contribution is 2.31. The number of ether oxygens (including phenoxy) is 1. The number of carbonyl (C=O) groups excluding carboxylic acids is 1. The minimum atomic E-state index is -0.00832. The first kappa shape index (κ1) is 18.4. The molecule has 0 aliphatic carbocycles. The molecule has 3 heterocycles. The molecule has 2 aliphatic rings. The van der Waals surface area contributed by atoms with E-state index in [0.717, 1.165) is 57.9 Å². The van der Waals surface area contributed by atoms with E-state index in [0.29, 0.717) is 12.6 Å². The lowest BCUT2D eigenvalue weighted by Gasteiger charge is -2.41. The molecule has 1 amide bonds. The summed E-state index contributed by atoms with van der Waals surface area (Å²) < 4.78 is 11.2. The van der Waals surface area contributed by atoms with Gasteiger partial charge in [0.2, 0.25) is 5.91 Å². The predicted octanol–water partition coefficient (Wildman–Crippen LogP) is 1.72. The molecule has 2 aliphatic heterocycles. The second-order valence-electron chi connectivity index (χ2n) is 7.02. The first-order valence-corrected chi connectivity index (χ1v) is 9.59. The quantitative estimate of drug-likeness (QED) is 0.774. The van der Waals surface area contributed by atoms with Crippen LogP contribution in [-0.4, -0.2) is 67.2 Å². The summed E-state index contributed by atoms with van der Waals surface area (Å²) in [5.74, 6) is 0.891. The SMILES string of the molecule is CCN(CC)CCN1C[C@@H](C(=O)NCc2ccco2)C[C@@H]2OCC[C@@H]21. The number of hydrogen-bond acceptors (Lipinski definition) is 5. The fourth-order valence-corrected chi connectivity index (χ4v) is 4.04. The van der Waals surface area contributed by atoms with Crippen molar-refractivity contribution in [3.05, 3.63) is 24.2 Å². The van der Waals surface area contributed by atoms with Crippen LogP contribution in [-0.2, 0) is 16.1 Å². The van der Waals surface area contributed by atoms with Gasteiger partial charge in [0.05, 0.1) is 24.8 Å². The smallest absolute Gasteiger partial charge is 0.224 e. The second-order valence-corrected chi connectivity index (χ2v) is 7.02. The Morgan fingerprint density at radius 1 is 1.40 bits per heavy atom. The molecule has 0 unspecified atom stereocenters. The summed E-state index contributed by atoms with van der Waals surface area (Å²) in [7, 11) is 0. The molecule has 0 radical (unpaired) electrons. The van der Waals surface area contributed by atoms with E-state index in [9.17, 15) is 4.79 Å². The normalized spacial score (nSPS) is 26.8. The maximum atomic E-state index is 12.6. The number of hydrogen-bond donors (Lipinski definition) is 1. The number of nitrogens with zero attached hydrogens (tertiary/aromatic N) is 2. The molecule has 0 spiro atoms. The molecule has 6 heteroatoms. The summed E-state index contributed by atoms with van der Waals surface area (Å²) in [4.78, 5) is 17.6. The third kappa shape index (κ3) is 4.63. The molecule has 140 valence electrons. The summed E-state index contributed by atoms with van der Waals surface area (Å²) in [6.45, 7) is 10.7. The van der Waals surface area contributed by atoms with Crippen LogP contribution in [0.15, 0.2) is 22.8 Å². The Kier molecular flexibility index (Phi) is 6.51. The highest BCUT2D eigenvalue weighted by Gasteiger charge is 2.42. The molecule has 2 saturated heterocycles. The van der Waals surface area contributed by atoms with Crippen LogP contribution in [0.4, 0.5) is 0 Å². The lowest BCUT2D eigenvalue weighted by molar-refractivity contribution is -0.129. The van der Waals surface area contributed by atoms with Gasteiger partial charge in [0, 0.05) is 32.3 Å². The Hall–Kier alpha value is -1.37. The zero-order valence-corrected chi connectivity index (χ0v) is 15.4. The number of nitrogens with one attached hydrogen (secondary N) is 1. The molecule has 1 aromatic rings. The second kappa shape index (κ2) is 8.83. The fraction of sp³-hybridized carbons (Fsp3) is 0.737. The van der Waals surface area contributed by atoms with E-state index < -0.39 is 0 Å². The van der Waals surface area contributed by atoms with E-state index in [4.69, 9.17) is 9.15 Å². The summed E-state index contributed by atoms with van der Waals surface area (Å²) in [5, 5.41) is 3.02. The van der Waals surface area contributed by atoms with E-state index in [2.05, 4.69) is 29.0 Å². The number of likely N-dealkylation sites (tertiary alicyclic amines) is 1. The van der Waals surface area contributed by atoms with Gasteiger partial charge in [-0.1, -0.05) is 13.8 Å². The van der Waals surface area contributed by atoms with Gasteiger partial charge in [-0.25, -0.2) is 0 Å². The topological polar surface area (TPSA) is 58.0 Å². The number of likely N-dealkylation sites (N-methyl/N-ethyl adjacent to an activating group) is 1. The van der Waals surface area contributed by atoms with Crippen molar-refractivity contribution in [3.8, 4) is 0 Å². The monoisotopic (exact) mass is 349 g/mol. The zero-order chi connectivity index (χ0) is 17.6. The third-order valence-electron chi connectivity index (χ3n) is 5.60. The van der Waals surface area contributed by atoms with Crippen LogP contribution in [0.1, 0.15) is 32.4 Å². The Bertz CT molecular complexity index is 530. The third-order valence-corrected chi connectivity index (χ3v) is 5.60. The number of piperidine rings is 1. The van der Waals surface area contributed by atoms with E-state index in [1.165, 1.54) is 0 Å². The Morgan fingerprint density at radius 3 is 2.96 bits per heavy atom. The Morgan fingerprint density at radius 2 is 2.24 bits per heavy atom. The summed E-state index contributed by atoms with van der Waals surface area (Å²) in [5.41, 5.74) is 0. The summed E-state index contributed by atoms with van der Waals surface area (Å²) in [6, 6.07) is 4.20. The van der Waals surface area contributed by atoms with Gasteiger partial charge >= 0.3 is 0 Å². The van der Waals surface area contributed by atoms with Gasteiger partial charge in [-0.3, -0.25) is 9.69 Å². The van der Waals surface area contributed by atoms with Crippen molar-refractivity contribution >= 4 is 5.91 Å². The standard InChI is InChI=1S/C19H31N3O3/c1-3-21(4-2)8-9-22-14-15(12-18-17(22)7-11-25-18)19(23)20-13-16-6-5-10-24-16/h5-6,10,15,17-18H,3-4,7-9,11-14H2,1-2H3,(H,20,23)/t15-,17-,18-/m0/s1. The zero-order valence-electron chi connectivity index (χ0n) is 15.4. The van der Waals surface area contributed by atoms with Crippen molar-refractivity contribution in [1.29, 1.82) is 0 Å². The molecule has 3 atom stereocenters. The van der Waals surface area contributed by atoms with Crippen molar-refractivity contribution < 1.29 is 13.9 Å². The fourth-order valence-electron chi connectivity index (χ4n) is 4.04. The van der Waals surface area contributed by atoms with Gasteiger partial charge < -0.3 is 19.4 Å². The Balaban J connectivity index is 1.56. The van der Waals surface area contributed by atoms with Crippen molar-refractivity contribution in [2.75, 3.05) is 39.3 Å². The van der Waals surface area contributed by atoms with Crippen LogP contribution >= 0.6 is 0 Å². The van der Waals surface area contributed by atoms with Gasteiger partial charge in [0.25, 0.3) is 0 Å². The van der Waals surface area contributed by atoms with Crippen molar-refractivity contribution in [3.63, 3.8) is 0 Å². The molecule has 3 rings (SSSR count). The predicted molar refractivity (Wildman–Crippen MR) is 96.2 cm³/mol. The van der Waals surface area contributed by atoms with Gasteiger partial charge in [0.1, 0.15) is 5.76 Å². The minimum Gasteiger partial charge on any atom is -0.467 e. The first-order valence-electron chi connectivity index (χ1n) is 9.59. The summed E-state index contributed by atoms with van der Waals surface area (Å²) >= 11 is 0. The molecule has 2 fully saturated rings. The van der Waals surface area contributed by atoms with Crippen LogP contribution in [0.2, 0.25) is 0 Å². The van der Waals surface area contributed by atoms with Crippen molar-refractivity contribution in [2.45, 2.75) is 45.4 Å². The van der Waals surface area contributed by atoms with Crippen molar-refractivity contribution in [1.82, 2.24) is 15.1 Å². The molecule has 0 saturated carbocycles. The largest absolute Gasteiger partial charge is 0.467 e. The number of rotatable bonds is 8. The number of amides is 1. The number of furan rings is 1. The highest BCUT2D eigenvalue weighted by molar-refractivity contribution is 5.79. The van der Waals surface area contributed by atoms with Crippen LogP contribution in [0.3, 0.4) is 0 Å². The van der Waals surface area contributed by atoms with Crippen LogP contribution < -0.4 is 5.32 Å². The van der Waals surface area contributed by atoms with Gasteiger partial charge in [-0.2, -0.15) is 0 Å².